The number of ether oxygens (including phenoxy) is 1. The fourth-order valence-corrected chi connectivity index (χ4v) is 7.49. The highest BCUT2D eigenvalue weighted by Gasteiger charge is 2.38. The molecule has 2 aliphatic heterocycles. The van der Waals surface area contributed by atoms with Crippen LogP contribution in [0.1, 0.15) is 72.0 Å². The number of fused-ring (bicyclic) bond motifs is 1. The number of carbonyl (C=O) groups excluding carboxylic acids is 1. The number of H-pyrrole nitrogens is 2. The van der Waals surface area contributed by atoms with E-state index in [9.17, 15) is 19.5 Å². The molecule has 2 aliphatic rings. The number of carbonyl (C=O) groups is 2. The summed E-state index contributed by atoms with van der Waals surface area (Å²) in [6.45, 7) is 18.7. The maximum Gasteiger partial charge on any atom is 0.407 e. The monoisotopic (exact) mass is 683 g/mol. The van der Waals surface area contributed by atoms with Crippen LogP contribution in [-0.2, 0) is 11.3 Å². The molecule has 6 rings (SSSR count). The van der Waals surface area contributed by atoms with Gasteiger partial charge in [-0.1, -0.05) is 20.8 Å². The largest absolute Gasteiger partial charge is 0.465 e. The van der Waals surface area contributed by atoms with Crippen LogP contribution in [0.4, 0.5) is 10.6 Å². The summed E-state index contributed by atoms with van der Waals surface area (Å²) in [5, 5.41) is 13.7. The van der Waals surface area contributed by atoms with Crippen molar-refractivity contribution in [1.82, 2.24) is 30.1 Å². The van der Waals surface area contributed by atoms with Crippen molar-refractivity contribution in [3.63, 3.8) is 0 Å². The molecule has 4 aromatic rings. The Morgan fingerprint density at radius 1 is 1.06 bits per heavy atom. The van der Waals surface area contributed by atoms with E-state index in [2.05, 4.69) is 64.9 Å². The Kier molecular flexibility index (Phi) is 9.78. The second-order valence-electron chi connectivity index (χ2n) is 14.8. The summed E-state index contributed by atoms with van der Waals surface area (Å²) in [6, 6.07) is 10.0. The van der Waals surface area contributed by atoms with Gasteiger partial charge in [0.25, 0.3) is 11.5 Å². The van der Waals surface area contributed by atoms with E-state index < -0.39 is 6.09 Å². The van der Waals surface area contributed by atoms with E-state index in [1.54, 1.807) is 4.90 Å². The van der Waals surface area contributed by atoms with Crippen LogP contribution in [0.3, 0.4) is 0 Å². The van der Waals surface area contributed by atoms with Crippen molar-refractivity contribution < 1.29 is 19.4 Å². The molecule has 5 heterocycles. The number of hydrogen-bond acceptors (Lipinski definition) is 7. The van der Waals surface area contributed by atoms with Crippen LogP contribution in [0, 0.1) is 26.2 Å². The minimum Gasteiger partial charge on any atom is -0.465 e. The molecule has 12 heteroatoms. The number of aryl methyl sites for hydroxylation is 2. The molecule has 2 saturated heterocycles. The molecule has 0 saturated carbocycles. The molecule has 2 fully saturated rings. The molecule has 0 spiro atoms. The van der Waals surface area contributed by atoms with E-state index in [-0.39, 0.29) is 35.5 Å². The Labute approximate surface area is 292 Å². The first kappa shape index (κ1) is 35.2. The van der Waals surface area contributed by atoms with Gasteiger partial charge in [-0.2, -0.15) is 0 Å². The van der Waals surface area contributed by atoms with E-state index in [0.717, 1.165) is 63.5 Å². The number of nitrogens with one attached hydrogen (secondary N) is 3. The SMILES string of the molecule is Cc1cc(C)c(CNC(=O)c2c(C)c(C(C)N3CCOCC3)cc3cc(-c4ccc(N5CCN(C(=O)O)C(C(C)(C)C)C5)nc4)[nH]c23)c(=O)[nH]1. The van der Waals surface area contributed by atoms with Crippen LogP contribution in [0.15, 0.2) is 41.3 Å². The lowest BCUT2D eigenvalue weighted by Crippen LogP contribution is -2.59. The normalized spacial score (nSPS) is 18.0. The Hall–Kier alpha value is -4.68. The summed E-state index contributed by atoms with van der Waals surface area (Å²) < 4.78 is 5.61. The number of rotatable bonds is 7. The molecule has 1 aromatic carbocycles. The highest BCUT2D eigenvalue weighted by atomic mass is 16.5. The van der Waals surface area contributed by atoms with E-state index in [4.69, 9.17) is 9.72 Å². The average molecular weight is 684 g/mol. The molecule has 0 aliphatic carbocycles. The van der Waals surface area contributed by atoms with Gasteiger partial charge in [-0.15, -0.1) is 0 Å². The summed E-state index contributed by atoms with van der Waals surface area (Å²) in [5.41, 5.74) is 6.66. The Balaban J connectivity index is 1.33. The van der Waals surface area contributed by atoms with Crippen molar-refractivity contribution in [3.05, 3.63) is 80.4 Å². The lowest BCUT2D eigenvalue weighted by molar-refractivity contribution is 0.0197. The van der Waals surface area contributed by atoms with Crippen molar-refractivity contribution in [1.29, 1.82) is 0 Å². The zero-order valence-corrected chi connectivity index (χ0v) is 30.1. The first-order valence-electron chi connectivity index (χ1n) is 17.4. The van der Waals surface area contributed by atoms with E-state index in [1.165, 1.54) is 0 Å². The summed E-state index contributed by atoms with van der Waals surface area (Å²) >= 11 is 0. The lowest BCUT2D eigenvalue weighted by Gasteiger charge is -2.46. The quantitative estimate of drug-likeness (QED) is 0.203. The van der Waals surface area contributed by atoms with Gasteiger partial charge in [-0.25, -0.2) is 9.78 Å². The second kappa shape index (κ2) is 13.9. The highest BCUT2D eigenvalue weighted by molar-refractivity contribution is 6.08. The zero-order valence-electron chi connectivity index (χ0n) is 30.1. The van der Waals surface area contributed by atoms with Gasteiger partial charge in [0.05, 0.1) is 30.3 Å². The molecule has 2 unspecified atom stereocenters. The molecule has 12 nitrogen and oxygen atoms in total. The summed E-state index contributed by atoms with van der Waals surface area (Å²) in [5.74, 6) is 0.543. The standard InChI is InChI=1S/C38H49N7O5/c1-22-16-23(2)41-35(46)29(22)20-40-36(47)33-24(3)28(25(4)43-12-14-50-15-13-43)17-27-18-30(42-34(27)33)26-8-9-32(39-19-26)44-10-11-45(37(48)49)31(21-44)38(5,6)7/h8-9,16-19,25,31,42H,10-15,20-21H2,1-7H3,(H,40,47)(H,41,46)(H,48,49). The zero-order chi connectivity index (χ0) is 35.9. The smallest absolute Gasteiger partial charge is 0.407 e. The minimum absolute atomic E-state index is 0.0647. The molecular formula is C38H49N7O5. The number of nitrogens with zero attached hydrogens (tertiary/aromatic N) is 4. The molecule has 4 N–H and O–H groups in total. The molecule has 266 valence electrons. The highest BCUT2D eigenvalue weighted by Crippen LogP contribution is 2.35. The average Bonchev–Trinajstić information content (AvgIpc) is 3.50. The van der Waals surface area contributed by atoms with Crippen molar-refractivity contribution in [3.8, 4) is 11.3 Å². The van der Waals surface area contributed by atoms with E-state index in [1.807, 2.05) is 45.2 Å². The van der Waals surface area contributed by atoms with E-state index in [0.29, 0.717) is 44.0 Å². The molecule has 2 amide bonds. The number of hydrogen-bond donors (Lipinski definition) is 4. The number of benzene rings is 1. The predicted molar refractivity (Wildman–Crippen MR) is 195 cm³/mol. The van der Waals surface area contributed by atoms with Gasteiger partial charge >= 0.3 is 6.09 Å². The first-order chi connectivity index (χ1) is 23.7. The van der Waals surface area contributed by atoms with Crippen molar-refractivity contribution >= 4 is 28.7 Å². The minimum atomic E-state index is -0.892. The second-order valence-corrected chi connectivity index (χ2v) is 14.8. The van der Waals surface area contributed by atoms with Gasteiger partial charge in [-0.05, 0) is 80.1 Å². The predicted octanol–water partition coefficient (Wildman–Crippen LogP) is 5.38. The number of amides is 2. The molecular weight excluding hydrogens is 634 g/mol. The summed E-state index contributed by atoms with van der Waals surface area (Å²) in [4.78, 5) is 56.0. The Bertz CT molecular complexity index is 1950. The molecule has 0 bridgehead atoms. The van der Waals surface area contributed by atoms with E-state index >= 15 is 0 Å². The van der Waals surface area contributed by atoms with Crippen LogP contribution in [0.5, 0.6) is 0 Å². The van der Waals surface area contributed by atoms with Gasteiger partial charge in [-0.3, -0.25) is 14.5 Å². The van der Waals surface area contributed by atoms with Crippen LogP contribution >= 0.6 is 0 Å². The number of aromatic nitrogens is 3. The maximum atomic E-state index is 14.1. The fraction of sp³-hybridized carbons (Fsp3) is 0.474. The number of anilines is 1. The fourth-order valence-electron chi connectivity index (χ4n) is 7.49. The van der Waals surface area contributed by atoms with Crippen LogP contribution in [0.25, 0.3) is 22.2 Å². The number of pyridine rings is 2. The summed E-state index contributed by atoms with van der Waals surface area (Å²) in [7, 11) is 0. The lowest BCUT2D eigenvalue weighted by atomic mass is 9.84. The molecule has 50 heavy (non-hydrogen) atoms. The van der Waals surface area contributed by atoms with Crippen molar-refractivity contribution in [2.45, 2.75) is 67.1 Å². The molecule has 0 radical (unpaired) electrons. The summed E-state index contributed by atoms with van der Waals surface area (Å²) in [6.07, 6.45) is 0.933. The number of carboxylic acid groups (broad SMARTS) is 1. The third kappa shape index (κ3) is 6.99. The molecule has 3 aromatic heterocycles. The van der Waals surface area contributed by atoms with Gasteiger partial charge in [0.1, 0.15) is 5.82 Å². The van der Waals surface area contributed by atoms with Gasteiger partial charge < -0.3 is 34.9 Å². The maximum absolute atomic E-state index is 14.1. The first-order valence-corrected chi connectivity index (χ1v) is 17.4. The van der Waals surface area contributed by atoms with Gasteiger partial charge in [0.2, 0.25) is 0 Å². The van der Waals surface area contributed by atoms with Crippen molar-refractivity contribution in [2.24, 2.45) is 5.41 Å². The van der Waals surface area contributed by atoms with Crippen LogP contribution in [-0.4, -0.2) is 93.8 Å². The number of piperazine rings is 1. The number of aromatic amines is 2. The topological polar surface area (TPSA) is 147 Å². The van der Waals surface area contributed by atoms with Gasteiger partial charge in [0, 0.05) is 79.4 Å². The Morgan fingerprint density at radius 3 is 2.44 bits per heavy atom. The van der Waals surface area contributed by atoms with Crippen LogP contribution < -0.4 is 15.8 Å². The third-order valence-corrected chi connectivity index (χ3v) is 10.4. The Morgan fingerprint density at radius 2 is 1.80 bits per heavy atom. The number of morpholine rings is 1. The van der Waals surface area contributed by atoms with Gasteiger partial charge in [0.15, 0.2) is 0 Å². The van der Waals surface area contributed by atoms with Crippen LogP contribution in [0.2, 0.25) is 0 Å². The molecule has 2 atom stereocenters. The van der Waals surface area contributed by atoms with Crippen molar-refractivity contribution in [2.75, 3.05) is 50.8 Å². The third-order valence-electron chi connectivity index (χ3n) is 10.4.